The molecular weight excluding hydrogens is 274 g/mol. The van der Waals surface area contributed by atoms with Gasteiger partial charge in [-0.25, -0.2) is 4.98 Å². The molecule has 1 aromatic rings. The highest BCUT2D eigenvalue weighted by Gasteiger charge is 2.26. The number of amides is 1. The van der Waals surface area contributed by atoms with Crippen LogP contribution in [-0.2, 0) is 0 Å². The van der Waals surface area contributed by atoms with Crippen LogP contribution in [0.1, 0.15) is 16.8 Å². The summed E-state index contributed by atoms with van der Waals surface area (Å²) in [6, 6.07) is 1.44. The van der Waals surface area contributed by atoms with Crippen molar-refractivity contribution in [2.45, 2.75) is 6.42 Å². The predicted molar refractivity (Wildman–Crippen MR) is 78.5 cm³/mol. The molecule has 2 rings (SSSR count). The van der Waals surface area contributed by atoms with Crippen molar-refractivity contribution in [1.82, 2.24) is 14.8 Å². The third kappa shape index (κ3) is 3.46. The minimum Gasteiger partial charge on any atom is -0.373 e. The smallest absolute Gasteiger partial charge is 0.300 e. The maximum atomic E-state index is 12.6. The molecule has 0 spiro atoms. The third-order valence-corrected chi connectivity index (χ3v) is 3.57. The SMILES string of the molecule is CNc1cc(C(=O)N2CCCN(C)CC2)c([N+](=O)[O-])cn1. The van der Waals surface area contributed by atoms with Gasteiger partial charge in [0, 0.05) is 32.7 Å². The van der Waals surface area contributed by atoms with Gasteiger partial charge in [-0.05, 0) is 20.0 Å². The molecule has 0 radical (unpaired) electrons. The lowest BCUT2D eigenvalue weighted by molar-refractivity contribution is -0.385. The summed E-state index contributed by atoms with van der Waals surface area (Å²) in [5, 5.41) is 13.9. The van der Waals surface area contributed by atoms with Crippen LogP contribution in [0.25, 0.3) is 0 Å². The molecule has 0 atom stereocenters. The van der Waals surface area contributed by atoms with E-state index in [-0.39, 0.29) is 17.2 Å². The predicted octanol–water partition coefficient (Wildman–Crippen LogP) is 0.809. The van der Waals surface area contributed by atoms with E-state index in [1.807, 2.05) is 7.05 Å². The van der Waals surface area contributed by atoms with Crippen molar-refractivity contribution in [2.75, 3.05) is 45.6 Å². The maximum Gasteiger partial charge on any atom is 0.300 e. The second-order valence-corrected chi connectivity index (χ2v) is 5.04. The van der Waals surface area contributed by atoms with Gasteiger partial charge in [-0.15, -0.1) is 0 Å². The fourth-order valence-electron chi connectivity index (χ4n) is 2.32. The van der Waals surface area contributed by atoms with Gasteiger partial charge in [-0.1, -0.05) is 0 Å². The van der Waals surface area contributed by atoms with Gasteiger partial charge < -0.3 is 15.1 Å². The summed E-state index contributed by atoms with van der Waals surface area (Å²) in [5.41, 5.74) is -0.166. The zero-order valence-corrected chi connectivity index (χ0v) is 12.2. The Bertz CT molecular complexity index is 549. The summed E-state index contributed by atoms with van der Waals surface area (Å²) in [4.78, 5) is 30.9. The number of carbonyl (C=O) groups is 1. The molecule has 1 fully saturated rings. The summed E-state index contributed by atoms with van der Waals surface area (Å²) in [6.07, 6.45) is 1.99. The van der Waals surface area contributed by atoms with Crippen molar-refractivity contribution in [2.24, 2.45) is 0 Å². The number of hydrogen-bond acceptors (Lipinski definition) is 6. The highest BCUT2D eigenvalue weighted by Crippen LogP contribution is 2.22. The van der Waals surface area contributed by atoms with Gasteiger partial charge in [-0.3, -0.25) is 14.9 Å². The van der Waals surface area contributed by atoms with Crippen LogP contribution in [0.3, 0.4) is 0 Å². The Kier molecular flexibility index (Phi) is 4.69. The van der Waals surface area contributed by atoms with Gasteiger partial charge >= 0.3 is 0 Å². The second kappa shape index (κ2) is 6.49. The Morgan fingerprint density at radius 1 is 1.38 bits per heavy atom. The third-order valence-electron chi connectivity index (χ3n) is 3.57. The zero-order valence-electron chi connectivity index (χ0n) is 12.2. The van der Waals surface area contributed by atoms with Gasteiger partial charge in [0.05, 0.1) is 4.92 Å². The molecule has 1 aliphatic heterocycles. The van der Waals surface area contributed by atoms with Crippen molar-refractivity contribution < 1.29 is 9.72 Å². The van der Waals surface area contributed by atoms with Crippen LogP contribution < -0.4 is 5.32 Å². The Balaban J connectivity index is 2.30. The van der Waals surface area contributed by atoms with Gasteiger partial charge in [0.1, 0.15) is 17.6 Å². The van der Waals surface area contributed by atoms with Crippen molar-refractivity contribution >= 4 is 17.4 Å². The molecule has 0 unspecified atom stereocenters. The zero-order chi connectivity index (χ0) is 15.4. The fraction of sp³-hybridized carbons (Fsp3) is 0.538. The van der Waals surface area contributed by atoms with Crippen molar-refractivity contribution in [1.29, 1.82) is 0 Å². The molecule has 21 heavy (non-hydrogen) atoms. The Morgan fingerprint density at radius 2 is 2.14 bits per heavy atom. The molecule has 2 heterocycles. The number of aromatic nitrogens is 1. The van der Waals surface area contributed by atoms with Crippen LogP contribution in [0, 0.1) is 10.1 Å². The molecule has 0 bridgehead atoms. The maximum absolute atomic E-state index is 12.6. The van der Waals surface area contributed by atoms with Crippen LogP contribution >= 0.6 is 0 Å². The number of rotatable bonds is 3. The first-order valence-corrected chi connectivity index (χ1v) is 6.83. The molecule has 1 amide bonds. The van der Waals surface area contributed by atoms with E-state index in [2.05, 4.69) is 15.2 Å². The van der Waals surface area contributed by atoms with E-state index in [1.54, 1.807) is 11.9 Å². The van der Waals surface area contributed by atoms with Crippen LogP contribution in [0.2, 0.25) is 0 Å². The molecule has 8 heteroatoms. The van der Waals surface area contributed by atoms with E-state index in [1.165, 1.54) is 6.07 Å². The topological polar surface area (TPSA) is 91.6 Å². The van der Waals surface area contributed by atoms with E-state index < -0.39 is 4.92 Å². The number of hydrogen-bond donors (Lipinski definition) is 1. The number of carbonyl (C=O) groups excluding carboxylic acids is 1. The van der Waals surface area contributed by atoms with E-state index >= 15 is 0 Å². The first kappa shape index (κ1) is 15.2. The Morgan fingerprint density at radius 3 is 2.81 bits per heavy atom. The first-order chi connectivity index (χ1) is 10.0. The van der Waals surface area contributed by atoms with Gasteiger partial charge in [0.15, 0.2) is 0 Å². The van der Waals surface area contributed by atoms with Gasteiger partial charge in [0.2, 0.25) is 0 Å². The van der Waals surface area contributed by atoms with Crippen molar-refractivity contribution in [3.05, 3.63) is 27.9 Å². The Labute approximate surface area is 122 Å². The second-order valence-electron chi connectivity index (χ2n) is 5.04. The normalized spacial score (nSPS) is 16.4. The Hall–Kier alpha value is -2.22. The summed E-state index contributed by atoms with van der Waals surface area (Å²) < 4.78 is 0. The molecule has 114 valence electrons. The van der Waals surface area contributed by atoms with Gasteiger partial charge in [-0.2, -0.15) is 0 Å². The molecule has 1 saturated heterocycles. The van der Waals surface area contributed by atoms with Crippen LogP contribution in [0.15, 0.2) is 12.3 Å². The number of nitro groups is 1. The number of likely N-dealkylation sites (N-methyl/N-ethyl adjacent to an activating group) is 1. The summed E-state index contributed by atoms with van der Waals surface area (Å²) in [6.45, 7) is 2.87. The summed E-state index contributed by atoms with van der Waals surface area (Å²) >= 11 is 0. The molecule has 0 aliphatic carbocycles. The average Bonchev–Trinajstić information content (AvgIpc) is 2.70. The molecule has 8 nitrogen and oxygen atoms in total. The van der Waals surface area contributed by atoms with Crippen molar-refractivity contribution in [3.8, 4) is 0 Å². The monoisotopic (exact) mass is 293 g/mol. The van der Waals surface area contributed by atoms with Gasteiger partial charge in [0.25, 0.3) is 11.6 Å². The summed E-state index contributed by atoms with van der Waals surface area (Å²) in [7, 11) is 3.66. The van der Waals surface area contributed by atoms with E-state index in [4.69, 9.17) is 0 Å². The molecule has 1 aliphatic rings. The molecule has 0 saturated carbocycles. The number of nitrogens with one attached hydrogen (secondary N) is 1. The van der Waals surface area contributed by atoms with Crippen LogP contribution in [0.4, 0.5) is 11.5 Å². The molecular formula is C13H19N5O3. The lowest BCUT2D eigenvalue weighted by Gasteiger charge is -2.20. The minimum absolute atomic E-state index is 0.0869. The number of nitrogens with zero attached hydrogens (tertiary/aromatic N) is 4. The average molecular weight is 293 g/mol. The fourth-order valence-corrected chi connectivity index (χ4v) is 2.32. The first-order valence-electron chi connectivity index (χ1n) is 6.83. The number of anilines is 1. The molecule has 0 aromatic carbocycles. The molecule has 1 aromatic heterocycles. The highest BCUT2D eigenvalue weighted by atomic mass is 16.6. The van der Waals surface area contributed by atoms with E-state index in [9.17, 15) is 14.9 Å². The lowest BCUT2D eigenvalue weighted by atomic mass is 10.2. The quantitative estimate of drug-likeness (QED) is 0.655. The van der Waals surface area contributed by atoms with E-state index in [0.717, 1.165) is 25.7 Å². The van der Waals surface area contributed by atoms with E-state index in [0.29, 0.717) is 18.9 Å². The highest BCUT2D eigenvalue weighted by molar-refractivity contribution is 5.98. The summed E-state index contributed by atoms with van der Waals surface area (Å²) in [5.74, 6) is 0.131. The largest absolute Gasteiger partial charge is 0.373 e. The van der Waals surface area contributed by atoms with Crippen molar-refractivity contribution in [3.63, 3.8) is 0 Å². The van der Waals surface area contributed by atoms with Crippen LogP contribution in [0.5, 0.6) is 0 Å². The van der Waals surface area contributed by atoms with Crippen LogP contribution in [-0.4, -0.2) is 65.9 Å². The number of pyridine rings is 1. The lowest BCUT2D eigenvalue weighted by Crippen LogP contribution is -2.34. The molecule has 1 N–H and O–H groups in total. The standard InChI is InChI=1S/C13H19N5O3/c1-14-12-8-10(11(9-15-12)18(20)21)13(19)17-5-3-4-16(2)6-7-17/h8-9H,3-7H2,1-2H3,(H,14,15). The minimum atomic E-state index is -0.566.